The van der Waals surface area contributed by atoms with E-state index in [-0.39, 0.29) is 30.3 Å². The number of phenols is 1. The maximum Gasteiger partial charge on any atom is 0.342 e. The first-order valence-electron chi connectivity index (χ1n) is 14.0. The van der Waals surface area contributed by atoms with Gasteiger partial charge < -0.3 is 28.8 Å². The SMILES string of the molecule is COc1cc(O)c2c(c1)[C@H]1O[C@@H]1CC[C@H](OC(=O)c1ccc(Br)cc1)[C@@H](OC(=O)c1ccc(Br)cc1)/C=C/C[C@H](C)OC2=O. The molecular formula is C33H30Br2O9. The van der Waals surface area contributed by atoms with Crippen molar-refractivity contribution in [2.24, 2.45) is 0 Å². The Morgan fingerprint density at radius 3 is 2.14 bits per heavy atom. The molecule has 1 fully saturated rings. The number of carbonyl (C=O) groups is 3. The minimum Gasteiger partial charge on any atom is -0.507 e. The number of cyclic esters (lactones) is 1. The smallest absolute Gasteiger partial charge is 0.342 e. The zero-order chi connectivity index (χ0) is 31.4. The highest BCUT2D eigenvalue weighted by Crippen LogP contribution is 2.46. The molecule has 0 spiro atoms. The molecule has 3 aromatic carbocycles. The van der Waals surface area contributed by atoms with E-state index in [4.69, 9.17) is 23.7 Å². The second-order valence-corrected chi connectivity index (χ2v) is 12.3. The number of methoxy groups -OCH3 is 1. The molecule has 0 aromatic heterocycles. The fourth-order valence-corrected chi connectivity index (χ4v) is 5.47. The molecule has 2 aliphatic heterocycles. The van der Waals surface area contributed by atoms with E-state index in [0.29, 0.717) is 28.9 Å². The average molecular weight is 730 g/mol. The predicted molar refractivity (Wildman–Crippen MR) is 167 cm³/mol. The summed E-state index contributed by atoms with van der Waals surface area (Å²) < 4.78 is 30.4. The van der Waals surface area contributed by atoms with Crippen LogP contribution in [0, 0.1) is 0 Å². The number of aromatic hydroxyl groups is 1. The molecule has 1 saturated heterocycles. The summed E-state index contributed by atoms with van der Waals surface area (Å²) in [4.78, 5) is 39.6. The van der Waals surface area contributed by atoms with Crippen LogP contribution in [0.3, 0.4) is 0 Å². The third kappa shape index (κ3) is 7.69. The van der Waals surface area contributed by atoms with Crippen LogP contribution in [0.15, 0.2) is 81.8 Å². The van der Waals surface area contributed by atoms with Crippen LogP contribution in [0.4, 0.5) is 0 Å². The summed E-state index contributed by atoms with van der Waals surface area (Å²) in [5, 5.41) is 10.7. The summed E-state index contributed by atoms with van der Waals surface area (Å²) in [7, 11) is 1.46. The Balaban J connectivity index is 1.46. The van der Waals surface area contributed by atoms with Crippen molar-refractivity contribution in [3.05, 3.63) is 104 Å². The first-order chi connectivity index (χ1) is 21.1. The summed E-state index contributed by atoms with van der Waals surface area (Å²) >= 11 is 6.74. The summed E-state index contributed by atoms with van der Waals surface area (Å²) in [6, 6.07) is 16.5. The summed E-state index contributed by atoms with van der Waals surface area (Å²) in [5.74, 6) is -1.75. The molecule has 2 aliphatic rings. The van der Waals surface area contributed by atoms with E-state index in [2.05, 4.69) is 31.9 Å². The van der Waals surface area contributed by atoms with Crippen molar-refractivity contribution >= 4 is 49.8 Å². The molecular weight excluding hydrogens is 700 g/mol. The molecule has 0 radical (unpaired) electrons. The van der Waals surface area contributed by atoms with Gasteiger partial charge in [-0.25, -0.2) is 14.4 Å². The monoisotopic (exact) mass is 728 g/mol. The number of carbonyl (C=O) groups excluding carboxylic acids is 3. The summed E-state index contributed by atoms with van der Waals surface area (Å²) in [6.45, 7) is 1.71. The highest BCUT2D eigenvalue weighted by molar-refractivity contribution is 9.10. The Morgan fingerprint density at radius 1 is 0.909 bits per heavy atom. The topological polar surface area (TPSA) is 121 Å². The lowest BCUT2D eigenvalue weighted by atomic mass is 9.97. The van der Waals surface area contributed by atoms with Crippen molar-refractivity contribution in [3.63, 3.8) is 0 Å². The lowest BCUT2D eigenvalue weighted by molar-refractivity contribution is -0.0248. The fourth-order valence-electron chi connectivity index (χ4n) is 4.94. The number of ether oxygens (including phenoxy) is 5. The van der Waals surface area contributed by atoms with E-state index in [1.54, 1.807) is 73.7 Å². The molecule has 5 atom stereocenters. The third-order valence-corrected chi connectivity index (χ3v) is 8.37. The highest BCUT2D eigenvalue weighted by atomic mass is 79.9. The van der Waals surface area contributed by atoms with Gasteiger partial charge in [0.05, 0.1) is 24.3 Å². The Labute approximate surface area is 271 Å². The first kappa shape index (κ1) is 31.7. The minimum absolute atomic E-state index is 0.0192. The van der Waals surface area contributed by atoms with E-state index >= 15 is 0 Å². The molecule has 11 heteroatoms. The molecule has 0 amide bonds. The zero-order valence-corrected chi connectivity index (χ0v) is 27.1. The van der Waals surface area contributed by atoms with Gasteiger partial charge in [0.2, 0.25) is 0 Å². The van der Waals surface area contributed by atoms with Gasteiger partial charge in [0, 0.05) is 27.0 Å². The molecule has 230 valence electrons. The van der Waals surface area contributed by atoms with E-state index in [1.165, 1.54) is 13.2 Å². The van der Waals surface area contributed by atoms with Gasteiger partial charge in [0.1, 0.15) is 35.4 Å². The highest BCUT2D eigenvalue weighted by Gasteiger charge is 2.44. The van der Waals surface area contributed by atoms with Crippen molar-refractivity contribution in [1.82, 2.24) is 0 Å². The Hall–Kier alpha value is -3.67. The predicted octanol–water partition coefficient (Wildman–Crippen LogP) is 7.10. The molecule has 3 aromatic rings. The van der Waals surface area contributed by atoms with Gasteiger partial charge in [0.25, 0.3) is 0 Å². The van der Waals surface area contributed by atoms with Crippen LogP contribution in [-0.4, -0.2) is 54.5 Å². The second-order valence-electron chi connectivity index (χ2n) is 10.5. The van der Waals surface area contributed by atoms with Crippen LogP contribution < -0.4 is 4.74 Å². The molecule has 0 unspecified atom stereocenters. The van der Waals surface area contributed by atoms with Crippen molar-refractivity contribution in [2.45, 2.75) is 56.7 Å². The van der Waals surface area contributed by atoms with Crippen LogP contribution in [0.5, 0.6) is 11.5 Å². The van der Waals surface area contributed by atoms with Crippen molar-refractivity contribution < 1.29 is 43.2 Å². The number of hydrogen-bond donors (Lipinski definition) is 1. The fraction of sp³-hybridized carbons (Fsp3) is 0.303. The van der Waals surface area contributed by atoms with Gasteiger partial charge in [-0.15, -0.1) is 0 Å². The Morgan fingerprint density at radius 2 is 1.52 bits per heavy atom. The maximum absolute atomic E-state index is 13.3. The number of fused-ring (bicyclic) bond motifs is 3. The van der Waals surface area contributed by atoms with Gasteiger partial charge >= 0.3 is 17.9 Å². The molecule has 0 aliphatic carbocycles. The largest absolute Gasteiger partial charge is 0.507 e. The van der Waals surface area contributed by atoms with Crippen LogP contribution in [0.1, 0.15) is 68.9 Å². The average Bonchev–Trinajstić information content (AvgIpc) is 3.78. The number of esters is 3. The van der Waals surface area contributed by atoms with Crippen LogP contribution in [0.2, 0.25) is 0 Å². The van der Waals surface area contributed by atoms with Crippen molar-refractivity contribution in [2.75, 3.05) is 7.11 Å². The number of hydrogen-bond acceptors (Lipinski definition) is 9. The van der Waals surface area contributed by atoms with Crippen molar-refractivity contribution in [1.29, 1.82) is 0 Å². The van der Waals surface area contributed by atoms with Gasteiger partial charge in [-0.2, -0.15) is 0 Å². The molecule has 0 bridgehead atoms. The summed E-state index contributed by atoms with van der Waals surface area (Å²) in [5.41, 5.74) is 1.13. The maximum atomic E-state index is 13.3. The standard InChI is InChI=1S/C33H30Br2O9/c1-18-4-3-5-26(43-31(37)19-6-10-21(34)11-7-19)27(44-32(38)20-8-12-22(35)13-9-20)14-15-28-30(42-28)24-16-23(40-2)17-25(36)29(24)33(39)41-18/h3,5-13,16-18,26-28,30,36H,4,14-15H2,1-2H3/b5-3+/t18-,26-,27-,28+,30+/m0/s1. The lowest BCUT2D eigenvalue weighted by Gasteiger charge is -2.25. The molecule has 0 saturated carbocycles. The molecule has 5 rings (SSSR count). The number of halogens is 2. The lowest BCUT2D eigenvalue weighted by Crippen LogP contribution is -2.34. The summed E-state index contributed by atoms with van der Waals surface area (Å²) in [6.07, 6.45) is 0.981. The van der Waals surface area contributed by atoms with Gasteiger partial charge in [-0.1, -0.05) is 37.9 Å². The van der Waals surface area contributed by atoms with Crippen LogP contribution in [-0.2, 0) is 18.9 Å². The first-order valence-corrected chi connectivity index (χ1v) is 15.6. The van der Waals surface area contributed by atoms with E-state index in [1.807, 2.05) is 0 Å². The van der Waals surface area contributed by atoms with E-state index < -0.39 is 42.3 Å². The molecule has 1 N–H and O–H groups in total. The third-order valence-electron chi connectivity index (χ3n) is 7.32. The quantitative estimate of drug-likeness (QED) is 0.127. The van der Waals surface area contributed by atoms with Gasteiger partial charge in [-0.05, 0) is 80.4 Å². The van der Waals surface area contributed by atoms with Crippen LogP contribution >= 0.6 is 31.9 Å². The zero-order valence-electron chi connectivity index (χ0n) is 23.9. The van der Waals surface area contributed by atoms with E-state index in [9.17, 15) is 19.5 Å². The second kappa shape index (κ2) is 14.0. The van der Waals surface area contributed by atoms with Crippen molar-refractivity contribution in [3.8, 4) is 11.5 Å². The number of rotatable bonds is 5. The van der Waals surface area contributed by atoms with E-state index in [0.717, 1.165) is 8.95 Å². The van der Waals surface area contributed by atoms with Gasteiger partial charge in [-0.3, -0.25) is 0 Å². The number of epoxide rings is 1. The minimum atomic E-state index is -0.954. The normalized spacial score (nSPS) is 24.0. The Bertz CT molecular complexity index is 1550. The Kier molecular flexibility index (Phi) is 10.1. The molecule has 44 heavy (non-hydrogen) atoms. The number of phenolic OH excluding ortho intramolecular Hbond substituents is 1. The molecule has 9 nitrogen and oxygen atoms in total. The molecule has 2 heterocycles. The number of benzene rings is 3. The van der Waals surface area contributed by atoms with Gasteiger partial charge in [0.15, 0.2) is 6.10 Å². The van der Waals surface area contributed by atoms with Crippen LogP contribution in [0.25, 0.3) is 0 Å².